The van der Waals surface area contributed by atoms with E-state index in [-0.39, 0.29) is 18.6 Å². The molecule has 0 fully saturated rings. The fourth-order valence-corrected chi connectivity index (χ4v) is 1.65. The van der Waals surface area contributed by atoms with Crippen molar-refractivity contribution >= 4 is 34.8 Å². The van der Waals surface area contributed by atoms with Gasteiger partial charge in [-0.05, 0) is 30.7 Å². The fraction of sp³-hybridized carbons (Fsp3) is 0.357. The third-order valence-corrected chi connectivity index (χ3v) is 3.39. The highest BCUT2D eigenvalue weighted by Gasteiger charge is 2.10. The van der Waals surface area contributed by atoms with Crippen LogP contribution in [0, 0.1) is 0 Å². The van der Waals surface area contributed by atoms with Gasteiger partial charge in [0, 0.05) is 21.8 Å². The van der Waals surface area contributed by atoms with Gasteiger partial charge in [0.05, 0.1) is 19.2 Å². The Labute approximate surface area is 128 Å². The molecule has 0 bridgehead atoms. The van der Waals surface area contributed by atoms with Crippen LogP contribution in [0.4, 0.5) is 5.69 Å². The first kappa shape index (κ1) is 16.8. The van der Waals surface area contributed by atoms with Gasteiger partial charge in [0.2, 0.25) is 0 Å². The Morgan fingerprint density at radius 3 is 2.55 bits per heavy atom. The van der Waals surface area contributed by atoms with E-state index >= 15 is 0 Å². The van der Waals surface area contributed by atoms with Crippen LogP contribution in [-0.4, -0.2) is 30.2 Å². The van der Waals surface area contributed by atoms with Gasteiger partial charge in [-0.3, -0.25) is 4.79 Å². The lowest BCUT2D eigenvalue weighted by Gasteiger charge is -2.14. The number of carbonyl (C=O) groups is 1. The molecule has 0 aliphatic carbocycles. The molecule has 3 N–H and O–H groups in total. The smallest absolute Gasteiger partial charge is 0.251 e. The summed E-state index contributed by atoms with van der Waals surface area (Å²) in [4.78, 5) is 11.9. The van der Waals surface area contributed by atoms with Crippen molar-refractivity contribution in [3.8, 4) is 0 Å². The number of aliphatic hydroxyl groups is 1. The van der Waals surface area contributed by atoms with Gasteiger partial charge in [-0.25, -0.2) is 0 Å². The van der Waals surface area contributed by atoms with Crippen molar-refractivity contribution in [3.05, 3.63) is 40.4 Å². The number of halogens is 2. The molecule has 110 valence electrons. The standard InChI is InChI=1S/C14H18Cl2N2O2/c1-2-12(9-19)18-14(20)10-3-5-13(6-4-10)17-8-11(16)7-15/h3-7,12,17,19H,2,8-9H2,1H3,(H,18,20)/b11-7-. The van der Waals surface area contributed by atoms with Gasteiger partial charge in [0.1, 0.15) is 0 Å². The Hall–Kier alpha value is -1.23. The Kier molecular flexibility index (Phi) is 7.44. The Bertz CT molecular complexity index is 457. The maximum absolute atomic E-state index is 11.9. The van der Waals surface area contributed by atoms with Crippen LogP contribution in [0.3, 0.4) is 0 Å². The molecule has 1 amide bonds. The Morgan fingerprint density at radius 2 is 2.05 bits per heavy atom. The number of hydrogen-bond acceptors (Lipinski definition) is 3. The van der Waals surface area contributed by atoms with Crippen LogP contribution in [0.2, 0.25) is 0 Å². The van der Waals surface area contributed by atoms with E-state index in [4.69, 9.17) is 28.3 Å². The van der Waals surface area contributed by atoms with Crippen LogP contribution in [0.5, 0.6) is 0 Å². The number of nitrogens with one attached hydrogen (secondary N) is 2. The number of amides is 1. The highest BCUT2D eigenvalue weighted by Crippen LogP contribution is 2.12. The van der Waals surface area contributed by atoms with Crippen LogP contribution in [-0.2, 0) is 0 Å². The van der Waals surface area contributed by atoms with Gasteiger partial charge in [0.15, 0.2) is 0 Å². The zero-order valence-electron chi connectivity index (χ0n) is 11.2. The maximum atomic E-state index is 11.9. The lowest BCUT2D eigenvalue weighted by Crippen LogP contribution is -2.36. The van der Waals surface area contributed by atoms with Crippen molar-refractivity contribution in [2.45, 2.75) is 19.4 Å². The molecular weight excluding hydrogens is 299 g/mol. The molecule has 0 aliphatic heterocycles. The molecule has 0 radical (unpaired) electrons. The van der Waals surface area contributed by atoms with Gasteiger partial charge < -0.3 is 15.7 Å². The van der Waals surface area contributed by atoms with Gasteiger partial charge >= 0.3 is 0 Å². The number of benzene rings is 1. The molecule has 20 heavy (non-hydrogen) atoms. The second-order valence-corrected chi connectivity index (χ2v) is 4.95. The quantitative estimate of drug-likeness (QED) is 0.725. The minimum Gasteiger partial charge on any atom is -0.394 e. The predicted molar refractivity (Wildman–Crippen MR) is 83.4 cm³/mol. The summed E-state index contributed by atoms with van der Waals surface area (Å²) in [5.74, 6) is -0.198. The van der Waals surface area contributed by atoms with Crippen LogP contribution >= 0.6 is 23.2 Å². The average Bonchev–Trinajstić information content (AvgIpc) is 2.50. The van der Waals surface area contributed by atoms with Crippen molar-refractivity contribution in [2.24, 2.45) is 0 Å². The lowest BCUT2D eigenvalue weighted by molar-refractivity contribution is 0.0915. The van der Waals surface area contributed by atoms with Crippen LogP contribution in [0.1, 0.15) is 23.7 Å². The second-order valence-electron chi connectivity index (χ2n) is 4.25. The molecule has 1 unspecified atom stereocenters. The topological polar surface area (TPSA) is 61.4 Å². The van der Waals surface area contributed by atoms with Crippen LogP contribution < -0.4 is 10.6 Å². The Balaban J connectivity index is 2.59. The average molecular weight is 317 g/mol. The summed E-state index contributed by atoms with van der Waals surface area (Å²) in [6, 6.07) is 6.77. The van der Waals surface area contributed by atoms with Crippen molar-refractivity contribution in [3.63, 3.8) is 0 Å². The van der Waals surface area contributed by atoms with E-state index < -0.39 is 0 Å². The molecule has 0 aromatic heterocycles. The van der Waals surface area contributed by atoms with Crippen LogP contribution in [0.25, 0.3) is 0 Å². The van der Waals surface area contributed by atoms with E-state index in [1.54, 1.807) is 24.3 Å². The first-order valence-electron chi connectivity index (χ1n) is 6.31. The summed E-state index contributed by atoms with van der Waals surface area (Å²) in [5, 5.41) is 15.4. The molecule has 1 rings (SSSR count). The fourth-order valence-electron chi connectivity index (χ4n) is 1.51. The molecule has 0 saturated heterocycles. The number of anilines is 1. The minimum atomic E-state index is -0.215. The number of aliphatic hydroxyl groups excluding tert-OH is 1. The number of rotatable bonds is 7. The van der Waals surface area contributed by atoms with Crippen molar-refractivity contribution in [1.29, 1.82) is 0 Å². The molecule has 1 aromatic rings. The molecule has 4 nitrogen and oxygen atoms in total. The summed E-state index contributed by atoms with van der Waals surface area (Å²) < 4.78 is 0. The van der Waals surface area contributed by atoms with Crippen molar-refractivity contribution < 1.29 is 9.90 Å². The van der Waals surface area contributed by atoms with E-state index in [0.717, 1.165) is 5.69 Å². The third kappa shape index (κ3) is 5.41. The monoisotopic (exact) mass is 316 g/mol. The number of carbonyl (C=O) groups excluding carboxylic acids is 1. The van der Waals surface area contributed by atoms with Gasteiger partial charge in [-0.1, -0.05) is 30.1 Å². The second kappa shape index (κ2) is 8.84. The van der Waals surface area contributed by atoms with E-state index in [9.17, 15) is 4.79 Å². The molecule has 0 saturated carbocycles. The van der Waals surface area contributed by atoms with Gasteiger partial charge in [0.25, 0.3) is 5.91 Å². The predicted octanol–water partition coefficient (Wildman–Crippen LogP) is 2.92. The van der Waals surface area contributed by atoms with Gasteiger partial charge in [-0.15, -0.1) is 0 Å². The molecule has 6 heteroatoms. The minimum absolute atomic E-state index is 0.0643. The normalized spacial score (nSPS) is 12.9. The molecule has 0 spiro atoms. The number of hydrogen-bond donors (Lipinski definition) is 3. The molecule has 0 aliphatic rings. The molecule has 1 aromatic carbocycles. The first-order chi connectivity index (χ1) is 9.60. The summed E-state index contributed by atoms with van der Waals surface area (Å²) in [6.07, 6.45) is 0.686. The van der Waals surface area contributed by atoms with E-state index in [0.29, 0.717) is 23.6 Å². The van der Waals surface area contributed by atoms with E-state index in [1.165, 1.54) is 5.54 Å². The maximum Gasteiger partial charge on any atom is 0.251 e. The van der Waals surface area contributed by atoms with Crippen LogP contribution in [0.15, 0.2) is 34.8 Å². The lowest BCUT2D eigenvalue weighted by atomic mass is 10.1. The molecule has 1 atom stereocenters. The largest absolute Gasteiger partial charge is 0.394 e. The zero-order chi connectivity index (χ0) is 15.0. The molecular formula is C14H18Cl2N2O2. The zero-order valence-corrected chi connectivity index (χ0v) is 12.7. The van der Waals surface area contributed by atoms with Crippen molar-refractivity contribution in [2.75, 3.05) is 18.5 Å². The SMILES string of the molecule is CCC(CO)NC(=O)c1ccc(NC/C(Cl)=C/Cl)cc1. The summed E-state index contributed by atoms with van der Waals surface area (Å²) in [7, 11) is 0. The van der Waals surface area contributed by atoms with Crippen molar-refractivity contribution in [1.82, 2.24) is 5.32 Å². The van der Waals surface area contributed by atoms with Gasteiger partial charge in [-0.2, -0.15) is 0 Å². The summed E-state index contributed by atoms with van der Waals surface area (Å²) in [5.41, 5.74) is 2.68. The van der Waals surface area contributed by atoms with E-state index in [1.807, 2.05) is 6.92 Å². The first-order valence-corrected chi connectivity index (χ1v) is 7.12. The van der Waals surface area contributed by atoms with E-state index in [2.05, 4.69) is 10.6 Å². The third-order valence-electron chi connectivity index (χ3n) is 2.78. The molecule has 0 heterocycles. The Morgan fingerprint density at radius 1 is 1.40 bits per heavy atom. The summed E-state index contributed by atoms with van der Waals surface area (Å²) >= 11 is 11.2. The highest BCUT2D eigenvalue weighted by molar-refractivity contribution is 6.36. The summed E-state index contributed by atoms with van der Waals surface area (Å²) in [6.45, 7) is 2.27. The highest BCUT2D eigenvalue weighted by atomic mass is 35.5.